The molecule has 0 saturated carbocycles. The molecule has 372 valence electrons. The van der Waals surface area contributed by atoms with Gasteiger partial charge in [-0.2, -0.15) is 0 Å². The average molecular weight is 1020 g/mol. The molecule has 2 aromatic rings. The third-order valence-electron chi connectivity index (χ3n) is 10.2. The zero-order valence-corrected chi connectivity index (χ0v) is 42.4. The van der Waals surface area contributed by atoms with E-state index in [1.165, 1.54) is 78.1 Å². The standard InChI is InChI=1S/C37H66N7O17P3S.2Li/c1-4-5-6-7-8-9-10-11-12-13-14-15-16-17-28(46)65-21-20-39-27(45)18-19-40-35(49)32(48)37(2,3)23-58-64(55,56)61-63(53,54)57-22-26-31(60-62(50,51)52)30(47)36(59-26)44-25-43-29-33(38)41-24-42-34(29)44;;/h24-26,30-32,36,47-48H,4-23H2,1-3H3,(H,39,45)(H,40,49)(H,53,54)(H,55,56)(H2,38,41,42)(H2,50,51,52);;/q;2*+1/p-2/t26-,30-,31-,32+,36-;;/m1../s1. The third-order valence-corrected chi connectivity index (χ3v) is 14.2. The molecule has 24 nitrogen and oxygen atoms in total. The Hall–Kier alpha value is -1.25. The minimum atomic E-state index is -5.88. The Kier molecular flexibility index (Phi) is 29.8. The van der Waals surface area contributed by atoms with Crippen LogP contribution in [0, 0.1) is 5.41 Å². The molecule has 30 heteroatoms. The van der Waals surface area contributed by atoms with Crippen LogP contribution in [-0.4, -0.2) is 113 Å². The fourth-order valence-electron chi connectivity index (χ4n) is 6.64. The Morgan fingerprint density at radius 2 is 1.48 bits per heavy atom. The summed E-state index contributed by atoms with van der Waals surface area (Å²) in [5.74, 6) is -1.09. The monoisotopic (exact) mass is 1020 g/mol. The van der Waals surface area contributed by atoms with Gasteiger partial charge in [-0.3, -0.25) is 32.6 Å². The van der Waals surface area contributed by atoms with Gasteiger partial charge in [0.05, 0.1) is 19.5 Å². The van der Waals surface area contributed by atoms with Crippen molar-refractivity contribution in [3.63, 3.8) is 0 Å². The molecule has 0 bridgehead atoms. The van der Waals surface area contributed by atoms with E-state index in [1.54, 1.807) is 0 Å². The minimum absolute atomic E-state index is 0. The smallest absolute Gasteiger partial charge is 0.756 e. The summed E-state index contributed by atoms with van der Waals surface area (Å²) in [7, 11) is -17.0. The Balaban J connectivity index is 0.0000112. The Bertz CT molecular complexity index is 1970. The topological polar surface area (TPSA) is 369 Å². The molecule has 67 heavy (non-hydrogen) atoms. The maximum atomic E-state index is 12.6. The molecule has 1 fully saturated rings. The van der Waals surface area contributed by atoms with Crippen LogP contribution in [0.4, 0.5) is 5.82 Å². The fraction of sp³-hybridized carbons (Fsp3) is 0.784. The molecule has 3 heterocycles. The molecule has 0 radical (unpaired) electrons. The minimum Gasteiger partial charge on any atom is -0.756 e. The van der Waals surface area contributed by atoms with Gasteiger partial charge in [-0.15, -0.1) is 0 Å². The first-order chi connectivity index (χ1) is 30.6. The predicted octanol–water partition coefficient (Wildman–Crippen LogP) is -3.11. The first-order valence-corrected chi connectivity index (χ1v) is 27.0. The van der Waals surface area contributed by atoms with Crippen LogP contribution in [0.1, 0.15) is 123 Å². The van der Waals surface area contributed by atoms with E-state index in [-0.39, 0.29) is 79.3 Å². The number of imidazole rings is 1. The number of nitrogen functional groups attached to an aromatic ring is 1. The zero-order chi connectivity index (χ0) is 48.3. The van der Waals surface area contributed by atoms with Crippen molar-refractivity contribution in [1.82, 2.24) is 30.2 Å². The van der Waals surface area contributed by atoms with E-state index >= 15 is 0 Å². The number of carbonyl (C=O) groups is 3. The maximum absolute atomic E-state index is 12.6. The predicted molar refractivity (Wildman–Crippen MR) is 233 cm³/mol. The van der Waals surface area contributed by atoms with Crippen LogP contribution in [0.15, 0.2) is 12.7 Å². The van der Waals surface area contributed by atoms with Crippen molar-refractivity contribution in [3.05, 3.63) is 12.7 Å². The SMILES string of the molecule is CCCCCCCCCCCCCCCC(=O)SCCNC(=O)CCNC(=O)[C@H](O)C(C)(C)COP(=O)([O-])OP(=O)([O-])OC[C@H]1O[C@@H](n2cnc3c(N)ncnc32)[C@H](O)[C@@H]1OP(=O)(O)O.[Li+].[Li+]. The molecule has 2 aromatic heterocycles. The molecule has 0 aliphatic carbocycles. The van der Waals surface area contributed by atoms with Crippen LogP contribution >= 0.6 is 35.2 Å². The van der Waals surface area contributed by atoms with Crippen LogP contribution in [0.3, 0.4) is 0 Å². The number of nitrogens with one attached hydrogen (secondary N) is 2. The number of rotatable bonds is 33. The number of fused-ring (bicyclic) bond motifs is 1. The van der Waals surface area contributed by atoms with Gasteiger partial charge < -0.3 is 59.9 Å². The number of anilines is 1. The summed E-state index contributed by atoms with van der Waals surface area (Å²) >= 11 is 1.15. The number of amides is 2. The molecule has 1 saturated heterocycles. The summed E-state index contributed by atoms with van der Waals surface area (Å²) in [5, 5.41) is 26.5. The fourth-order valence-corrected chi connectivity index (χ4v) is 10.1. The van der Waals surface area contributed by atoms with E-state index < -0.39 is 84.6 Å². The number of hydrogen-bond acceptors (Lipinski definition) is 20. The quantitative estimate of drug-likeness (QED) is 0.0211. The van der Waals surface area contributed by atoms with Gasteiger partial charge in [0.1, 0.15) is 36.3 Å². The van der Waals surface area contributed by atoms with Crippen LogP contribution in [0.5, 0.6) is 0 Å². The van der Waals surface area contributed by atoms with E-state index in [0.717, 1.165) is 48.2 Å². The number of nitrogens with zero attached hydrogens (tertiary/aromatic N) is 4. The second-order valence-electron chi connectivity index (χ2n) is 16.2. The number of hydrogen-bond donors (Lipinski definition) is 7. The molecule has 0 spiro atoms. The van der Waals surface area contributed by atoms with Crippen molar-refractivity contribution in [1.29, 1.82) is 0 Å². The van der Waals surface area contributed by atoms with Crippen LogP contribution < -0.4 is 63.9 Å². The summed E-state index contributed by atoms with van der Waals surface area (Å²) < 4.78 is 61.4. The summed E-state index contributed by atoms with van der Waals surface area (Å²) in [4.78, 5) is 92.8. The number of aromatic nitrogens is 4. The largest absolute Gasteiger partial charge is 1.00 e. The molecular weight excluding hydrogens is 953 g/mol. The third kappa shape index (κ3) is 23.7. The van der Waals surface area contributed by atoms with Crippen molar-refractivity contribution in [2.45, 2.75) is 148 Å². The zero-order valence-electron chi connectivity index (χ0n) is 38.9. The number of aliphatic hydroxyl groups excluding tert-OH is 2. The molecule has 1 aliphatic heterocycles. The van der Waals surface area contributed by atoms with Crippen molar-refractivity contribution >= 4 is 69.1 Å². The molecule has 1 aliphatic rings. The first-order valence-electron chi connectivity index (χ1n) is 21.6. The van der Waals surface area contributed by atoms with Crippen LogP contribution in [0.2, 0.25) is 0 Å². The molecule has 2 unspecified atom stereocenters. The van der Waals surface area contributed by atoms with Crippen molar-refractivity contribution in [2.75, 3.05) is 37.8 Å². The Morgan fingerprint density at radius 3 is 2.07 bits per heavy atom. The van der Waals surface area contributed by atoms with Gasteiger partial charge in [-0.1, -0.05) is 110 Å². The van der Waals surface area contributed by atoms with E-state index in [0.29, 0.717) is 12.2 Å². The summed E-state index contributed by atoms with van der Waals surface area (Å²) in [6.45, 7) is 2.51. The molecule has 0 aromatic carbocycles. The Morgan fingerprint density at radius 1 is 0.896 bits per heavy atom. The Labute approximate surface area is 418 Å². The van der Waals surface area contributed by atoms with Crippen molar-refractivity contribution < 1.29 is 118 Å². The number of phosphoric ester groups is 3. The second-order valence-corrected chi connectivity index (χ2v) is 21.5. The molecule has 3 rings (SSSR count). The normalized spacial score (nSPS) is 19.7. The number of unbranched alkanes of at least 4 members (excludes halogenated alkanes) is 12. The van der Waals surface area contributed by atoms with Gasteiger partial charge in [-0.05, 0) is 6.42 Å². The maximum Gasteiger partial charge on any atom is 1.00 e. The molecule has 8 N–H and O–H groups in total. The van der Waals surface area contributed by atoms with Crippen LogP contribution in [0.25, 0.3) is 11.2 Å². The van der Waals surface area contributed by atoms with Crippen LogP contribution in [-0.2, 0) is 50.7 Å². The molecule has 2 amide bonds. The average Bonchev–Trinajstić information content (AvgIpc) is 3.79. The van der Waals surface area contributed by atoms with E-state index in [4.69, 9.17) is 10.5 Å². The molecule has 7 atom stereocenters. The van der Waals surface area contributed by atoms with Gasteiger partial charge in [-0.25, -0.2) is 23.8 Å². The first kappa shape index (κ1) is 63.8. The van der Waals surface area contributed by atoms with Gasteiger partial charge in [0.15, 0.2) is 22.8 Å². The van der Waals surface area contributed by atoms with Gasteiger partial charge in [0.25, 0.3) is 15.6 Å². The summed E-state index contributed by atoms with van der Waals surface area (Å²) in [5.41, 5.74) is 4.18. The van der Waals surface area contributed by atoms with E-state index in [9.17, 15) is 57.9 Å². The number of carbonyl (C=O) groups excluding carboxylic acids is 3. The number of thioether (sulfide) groups is 1. The summed E-state index contributed by atoms with van der Waals surface area (Å²) in [6, 6.07) is 0. The molecular formula is C37H64Li2N7O17P3S. The number of aliphatic hydroxyl groups is 2. The number of phosphoric acid groups is 3. The number of ether oxygens (including phenoxy) is 1. The van der Waals surface area contributed by atoms with Crippen molar-refractivity contribution in [3.8, 4) is 0 Å². The van der Waals surface area contributed by atoms with Crippen molar-refractivity contribution in [2.24, 2.45) is 5.41 Å². The van der Waals surface area contributed by atoms with Gasteiger partial charge >= 0.3 is 45.5 Å². The van der Waals surface area contributed by atoms with Gasteiger partial charge in [0, 0.05) is 37.1 Å². The van der Waals surface area contributed by atoms with E-state index in [2.05, 4.69) is 50.4 Å². The number of nitrogens with two attached hydrogens (primary N) is 1. The van der Waals surface area contributed by atoms with E-state index in [1.807, 2.05) is 0 Å². The summed E-state index contributed by atoms with van der Waals surface area (Å²) in [6.07, 6.45) is 9.21. The van der Waals surface area contributed by atoms with Gasteiger partial charge in [0.2, 0.25) is 11.8 Å². The second kappa shape index (κ2) is 31.3.